The normalized spacial score (nSPS) is 12.9. The van der Waals surface area contributed by atoms with Gasteiger partial charge in [-0.15, -0.1) is 0 Å². The van der Waals surface area contributed by atoms with Gasteiger partial charge in [-0.1, -0.05) is 0 Å². The highest BCUT2D eigenvalue weighted by atomic mass is 14.8. The summed E-state index contributed by atoms with van der Waals surface area (Å²) in [6, 6.07) is 0. The smallest absolute Gasteiger partial charge is 0.119 e. The molecule has 0 atom stereocenters. The molecule has 0 radical (unpaired) electrons. The first-order chi connectivity index (χ1) is 3.81. The van der Waals surface area contributed by atoms with Gasteiger partial charge in [0, 0.05) is 6.54 Å². The fourth-order valence-corrected chi connectivity index (χ4v) is 0.334. The second-order valence-corrected chi connectivity index (χ2v) is 1.26. The summed E-state index contributed by atoms with van der Waals surface area (Å²) in [7, 11) is 0. The van der Waals surface area contributed by atoms with E-state index < -0.39 is 0 Å². The summed E-state index contributed by atoms with van der Waals surface area (Å²) in [4.78, 5) is 3.84. The summed E-state index contributed by atoms with van der Waals surface area (Å²) in [5.74, 6) is 0.481. The van der Waals surface area contributed by atoms with Gasteiger partial charge < -0.3 is 11.5 Å². The monoisotopic (exact) mass is 113 g/mol. The van der Waals surface area contributed by atoms with Gasteiger partial charge in [0.05, 0.1) is 0 Å². The third-order valence-electron chi connectivity index (χ3n) is 0.608. The number of hydrogen-bond acceptors (Lipinski definition) is 2. The molecule has 0 aliphatic heterocycles. The predicted molar refractivity (Wildman–Crippen MR) is 35.5 cm³/mol. The molecule has 0 saturated carbocycles. The molecule has 4 N–H and O–H groups in total. The van der Waals surface area contributed by atoms with E-state index in [1.165, 1.54) is 6.20 Å². The van der Waals surface area contributed by atoms with E-state index in [0.29, 0.717) is 12.4 Å². The summed E-state index contributed by atoms with van der Waals surface area (Å²) >= 11 is 0. The molecule has 46 valence electrons. The molecule has 0 heterocycles. The van der Waals surface area contributed by atoms with Crippen LogP contribution in [-0.4, -0.2) is 12.4 Å². The molecule has 0 aromatic rings. The van der Waals surface area contributed by atoms with Gasteiger partial charge in [-0.2, -0.15) is 0 Å². The SMILES string of the molecule is CCN=C(N)/C=C\N. The zero-order valence-corrected chi connectivity index (χ0v) is 4.96. The predicted octanol–water partition coefficient (Wildman–Crippen LogP) is -0.164. The Kier molecular flexibility index (Phi) is 3.66. The molecule has 8 heavy (non-hydrogen) atoms. The summed E-state index contributed by atoms with van der Waals surface area (Å²) in [5, 5.41) is 0. The van der Waals surface area contributed by atoms with Crippen molar-refractivity contribution in [3.05, 3.63) is 12.3 Å². The minimum atomic E-state index is 0.481. The van der Waals surface area contributed by atoms with Gasteiger partial charge in [-0.05, 0) is 19.2 Å². The highest BCUT2D eigenvalue weighted by Gasteiger charge is 1.75. The maximum atomic E-state index is 5.28. The van der Waals surface area contributed by atoms with E-state index in [4.69, 9.17) is 11.5 Å². The van der Waals surface area contributed by atoms with Crippen LogP contribution < -0.4 is 11.5 Å². The fourth-order valence-electron chi connectivity index (χ4n) is 0.334. The molecule has 3 heteroatoms. The van der Waals surface area contributed by atoms with E-state index in [2.05, 4.69) is 4.99 Å². The molecule has 0 rings (SSSR count). The van der Waals surface area contributed by atoms with Crippen LogP contribution in [0, 0.1) is 0 Å². The van der Waals surface area contributed by atoms with Gasteiger partial charge in [-0.3, -0.25) is 4.99 Å². The Bertz CT molecular complexity index is 104. The van der Waals surface area contributed by atoms with Crippen LogP contribution in [0.25, 0.3) is 0 Å². The third-order valence-corrected chi connectivity index (χ3v) is 0.608. The van der Waals surface area contributed by atoms with Crippen molar-refractivity contribution >= 4 is 5.84 Å². The number of nitrogens with zero attached hydrogens (tertiary/aromatic N) is 1. The van der Waals surface area contributed by atoms with Crippen molar-refractivity contribution in [2.24, 2.45) is 16.5 Å². The van der Waals surface area contributed by atoms with Crippen molar-refractivity contribution < 1.29 is 0 Å². The Morgan fingerprint density at radius 1 is 1.75 bits per heavy atom. The van der Waals surface area contributed by atoms with Gasteiger partial charge in [0.2, 0.25) is 0 Å². The molecule has 0 bridgehead atoms. The fraction of sp³-hybridized carbons (Fsp3) is 0.400. The lowest BCUT2D eigenvalue weighted by molar-refractivity contribution is 1.12. The lowest BCUT2D eigenvalue weighted by atomic mass is 10.5. The molecule has 0 aromatic carbocycles. The van der Waals surface area contributed by atoms with Crippen molar-refractivity contribution in [3.8, 4) is 0 Å². The maximum absolute atomic E-state index is 5.28. The number of nitrogens with two attached hydrogens (primary N) is 2. The minimum Gasteiger partial charge on any atom is -0.404 e. The highest BCUT2D eigenvalue weighted by Crippen LogP contribution is 1.70. The standard InChI is InChI=1S/C5H11N3/c1-2-8-5(7)3-4-6/h3-4H,2,6H2,1H3,(H2,7,8)/b4-3-. The Labute approximate surface area is 49.1 Å². The first kappa shape index (κ1) is 7.01. The maximum Gasteiger partial charge on any atom is 0.119 e. The quantitative estimate of drug-likeness (QED) is 0.386. The van der Waals surface area contributed by atoms with Crippen molar-refractivity contribution in [2.45, 2.75) is 6.92 Å². The molecule has 0 saturated heterocycles. The zero-order valence-electron chi connectivity index (χ0n) is 4.96. The molecular weight excluding hydrogens is 102 g/mol. The Hall–Kier alpha value is -0.990. The van der Waals surface area contributed by atoms with Crippen molar-refractivity contribution in [2.75, 3.05) is 6.54 Å². The Balaban J connectivity index is 3.61. The van der Waals surface area contributed by atoms with Crippen molar-refractivity contribution in [1.29, 1.82) is 0 Å². The van der Waals surface area contributed by atoms with Crippen LogP contribution >= 0.6 is 0 Å². The Morgan fingerprint density at radius 3 is 2.75 bits per heavy atom. The molecule has 0 fully saturated rings. The number of rotatable bonds is 2. The van der Waals surface area contributed by atoms with Crippen LogP contribution in [0.4, 0.5) is 0 Å². The topological polar surface area (TPSA) is 64.4 Å². The van der Waals surface area contributed by atoms with E-state index in [-0.39, 0.29) is 0 Å². The van der Waals surface area contributed by atoms with E-state index in [1.54, 1.807) is 6.08 Å². The molecule has 3 nitrogen and oxygen atoms in total. The highest BCUT2D eigenvalue weighted by molar-refractivity contribution is 5.91. The van der Waals surface area contributed by atoms with E-state index >= 15 is 0 Å². The summed E-state index contributed by atoms with van der Waals surface area (Å²) in [6.45, 7) is 2.62. The van der Waals surface area contributed by atoms with Crippen LogP contribution in [0.2, 0.25) is 0 Å². The number of amidine groups is 1. The average molecular weight is 113 g/mol. The summed E-state index contributed by atoms with van der Waals surface area (Å²) < 4.78 is 0. The third kappa shape index (κ3) is 3.21. The van der Waals surface area contributed by atoms with Crippen molar-refractivity contribution in [1.82, 2.24) is 0 Å². The number of hydrogen-bond donors (Lipinski definition) is 2. The van der Waals surface area contributed by atoms with Crippen LogP contribution in [0.1, 0.15) is 6.92 Å². The van der Waals surface area contributed by atoms with Gasteiger partial charge in [0.1, 0.15) is 5.84 Å². The number of aliphatic imine (C=N–C) groups is 1. The first-order valence-electron chi connectivity index (χ1n) is 2.49. The second kappa shape index (κ2) is 4.18. The molecule has 0 amide bonds. The van der Waals surface area contributed by atoms with E-state index in [0.717, 1.165) is 0 Å². The first-order valence-corrected chi connectivity index (χ1v) is 2.49. The van der Waals surface area contributed by atoms with Crippen molar-refractivity contribution in [3.63, 3.8) is 0 Å². The van der Waals surface area contributed by atoms with Crippen LogP contribution in [0.5, 0.6) is 0 Å². The Morgan fingerprint density at radius 2 is 2.38 bits per heavy atom. The molecule has 0 unspecified atom stereocenters. The van der Waals surface area contributed by atoms with E-state index in [9.17, 15) is 0 Å². The molecule has 0 aromatic heterocycles. The minimum absolute atomic E-state index is 0.481. The lowest BCUT2D eigenvalue weighted by Gasteiger charge is -1.86. The average Bonchev–Trinajstić information content (AvgIpc) is 1.68. The largest absolute Gasteiger partial charge is 0.404 e. The zero-order chi connectivity index (χ0) is 6.41. The second-order valence-electron chi connectivity index (χ2n) is 1.26. The lowest BCUT2D eigenvalue weighted by Crippen LogP contribution is -2.08. The van der Waals surface area contributed by atoms with Crippen LogP contribution in [0.3, 0.4) is 0 Å². The molecule has 0 spiro atoms. The van der Waals surface area contributed by atoms with E-state index in [1.807, 2.05) is 6.92 Å². The van der Waals surface area contributed by atoms with Gasteiger partial charge in [-0.25, -0.2) is 0 Å². The van der Waals surface area contributed by atoms with Gasteiger partial charge in [0.25, 0.3) is 0 Å². The molecule has 0 aliphatic rings. The summed E-state index contributed by atoms with van der Waals surface area (Å²) in [6.07, 6.45) is 2.93. The van der Waals surface area contributed by atoms with Crippen LogP contribution in [-0.2, 0) is 0 Å². The van der Waals surface area contributed by atoms with Gasteiger partial charge >= 0.3 is 0 Å². The van der Waals surface area contributed by atoms with Gasteiger partial charge in [0.15, 0.2) is 0 Å². The molecule has 0 aliphatic carbocycles. The molecular formula is C5H11N3. The van der Waals surface area contributed by atoms with Crippen LogP contribution in [0.15, 0.2) is 17.3 Å². The summed E-state index contributed by atoms with van der Waals surface area (Å²) in [5.41, 5.74) is 10.3.